The molecule has 0 spiro atoms. The van der Waals surface area contributed by atoms with E-state index >= 15 is 0 Å². The van der Waals surface area contributed by atoms with Crippen LogP contribution in [0.25, 0.3) is 10.9 Å². The van der Waals surface area contributed by atoms with Gasteiger partial charge in [-0.15, -0.1) is 0 Å². The lowest BCUT2D eigenvalue weighted by Crippen LogP contribution is -1.97. The predicted molar refractivity (Wildman–Crippen MR) is 81.6 cm³/mol. The Morgan fingerprint density at radius 3 is 2.32 bits per heavy atom. The van der Waals surface area contributed by atoms with E-state index < -0.39 is 0 Å². The van der Waals surface area contributed by atoms with Crippen molar-refractivity contribution in [2.24, 2.45) is 0 Å². The van der Waals surface area contributed by atoms with Crippen LogP contribution in [0.4, 0.5) is 0 Å². The summed E-state index contributed by atoms with van der Waals surface area (Å²) in [7, 11) is 0. The molecule has 0 aliphatic carbocycles. The summed E-state index contributed by atoms with van der Waals surface area (Å²) in [6.45, 7) is 5.48. The Balaban J connectivity index is 2.15. The number of aromatic nitrogens is 1. The third-order valence-electron chi connectivity index (χ3n) is 3.90. The standard InChI is InChI=1S/C18H19N/c1-3-19-14(2)17(13-15-9-5-4-6-10-15)16-11-7-8-12-18(16)19/h4-12H,3,13H2,1-2H3. The zero-order chi connectivity index (χ0) is 13.2. The molecule has 0 unspecified atom stereocenters. The van der Waals surface area contributed by atoms with Crippen molar-refractivity contribution in [3.8, 4) is 0 Å². The van der Waals surface area contributed by atoms with Crippen molar-refractivity contribution in [1.29, 1.82) is 0 Å². The molecular weight excluding hydrogens is 230 g/mol. The van der Waals surface area contributed by atoms with Crippen LogP contribution in [0.3, 0.4) is 0 Å². The molecule has 2 aromatic carbocycles. The van der Waals surface area contributed by atoms with E-state index in [9.17, 15) is 0 Å². The summed E-state index contributed by atoms with van der Waals surface area (Å²) in [5, 5.41) is 1.39. The van der Waals surface area contributed by atoms with E-state index in [0.717, 1.165) is 13.0 Å². The summed E-state index contributed by atoms with van der Waals surface area (Å²) in [5.41, 5.74) is 5.59. The number of aryl methyl sites for hydroxylation is 1. The van der Waals surface area contributed by atoms with Crippen molar-refractivity contribution in [2.45, 2.75) is 26.8 Å². The van der Waals surface area contributed by atoms with Gasteiger partial charge in [-0.3, -0.25) is 0 Å². The fourth-order valence-corrected chi connectivity index (χ4v) is 2.93. The average molecular weight is 249 g/mol. The predicted octanol–water partition coefficient (Wildman–Crippen LogP) is 4.56. The van der Waals surface area contributed by atoms with Crippen molar-refractivity contribution in [2.75, 3.05) is 0 Å². The summed E-state index contributed by atoms with van der Waals surface area (Å²) in [5.74, 6) is 0. The molecule has 3 rings (SSSR count). The van der Waals surface area contributed by atoms with Gasteiger partial charge in [0.15, 0.2) is 0 Å². The van der Waals surface area contributed by atoms with E-state index in [-0.39, 0.29) is 0 Å². The molecule has 1 heterocycles. The lowest BCUT2D eigenvalue weighted by Gasteiger charge is -2.05. The van der Waals surface area contributed by atoms with E-state index in [2.05, 4.69) is 73.0 Å². The van der Waals surface area contributed by atoms with Gasteiger partial charge < -0.3 is 4.57 Å². The number of benzene rings is 2. The fraction of sp³-hybridized carbons (Fsp3) is 0.222. The van der Waals surface area contributed by atoms with Crippen LogP contribution in [-0.4, -0.2) is 4.57 Å². The Hall–Kier alpha value is -2.02. The number of para-hydroxylation sites is 1. The molecule has 0 saturated heterocycles. The Labute approximate surface area is 114 Å². The minimum absolute atomic E-state index is 1.01. The maximum absolute atomic E-state index is 2.41. The fourth-order valence-electron chi connectivity index (χ4n) is 2.93. The molecule has 0 saturated carbocycles. The molecule has 0 aliphatic heterocycles. The number of nitrogens with zero attached hydrogens (tertiary/aromatic N) is 1. The molecule has 1 aromatic heterocycles. The smallest absolute Gasteiger partial charge is 0.0485 e. The van der Waals surface area contributed by atoms with Crippen LogP contribution in [0, 0.1) is 6.92 Å². The van der Waals surface area contributed by atoms with E-state index in [4.69, 9.17) is 0 Å². The average Bonchev–Trinajstić information content (AvgIpc) is 2.73. The highest BCUT2D eigenvalue weighted by Crippen LogP contribution is 2.27. The van der Waals surface area contributed by atoms with Gasteiger partial charge >= 0.3 is 0 Å². The summed E-state index contributed by atoms with van der Waals surface area (Å²) in [4.78, 5) is 0. The molecule has 96 valence electrons. The molecule has 1 nitrogen and oxygen atoms in total. The molecular formula is C18H19N. The molecule has 0 N–H and O–H groups in total. The molecule has 0 aliphatic rings. The highest BCUT2D eigenvalue weighted by Gasteiger charge is 2.12. The maximum atomic E-state index is 2.41. The molecule has 0 radical (unpaired) electrons. The van der Waals surface area contributed by atoms with Gasteiger partial charge in [0.25, 0.3) is 0 Å². The molecule has 0 atom stereocenters. The van der Waals surface area contributed by atoms with Gasteiger partial charge in [-0.1, -0.05) is 48.5 Å². The van der Waals surface area contributed by atoms with Crippen molar-refractivity contribution in [1.82, 2.24) is 4.57 Å². The van der Waals surface area contributed by atoms with Gasteiger partial charge in [-0.05, 0) is 37.5 Å². The maximum Gasteiger partial charge on any atom is 0.0485 e. The third-order valence-corrected chi connectivity index (χ3v) is 3.90. The molecule has 19 heavy (non-hydrogen) atoms. The second-order valence-corrected chi connectivity index (χ2v) is 4.99. The zero-order valence-corrected chi connectivity index (χ0v) is 11.6. The van der Waals surface area contributed by atoms with E-state index in [1.165, 1.54) is 27.7 Å². The second kappa shape index (κ2) is 4.93. The molecule has 0 fully saturated rings. The van der Waals surface area contributed by atoms with Crippen LogP contribution in [0.15, 0.2) is 54.6 Å². The number of fused-ring (bicyclic) bond motifs is 1. The lowest BCUT2D eigenvalue weighted by atomic mass is 10.0. The highest BCUT2D eigenvalue weighted by molar-refractivity contribution is 5.85. The summed E-state index contributed by atoms with van der Waals surface area (Å²) in [6.07, 6.45) is 1.01. The molecule has 3 aromatic rings. The van der Waals surface area contributed by atoms with Crippen LogP contribution in [0.5, 0.6) is 0 Å². The molecule has 0 amide bonds. The Morgan fingerprint density at radius 2 is 1.58 bits per heavy atom. The van der Waals surface area contributed by atoms with Crippen LogP contribution in [0.2, 0.25) is 0 Å². The van der Waals surface area contributed by atoms with E-state index in [1.807, 2.05) is 0 Å². The summed E-state index contributed by atoms with van der Waals surface area (Å²) < 4.78 is 2.41. The van der Waals surface area contributed by atoms with Crippen molar-refractivity contribution >= 4 is 10.9 Å². The minimum atomic E-state index is 1.01. The Bertz CT molecular complexity index is 692. The van der Waals surface area contributed by atoms with Gasteiger partial charge in [0.05, 0.1) is 0 Å². The number of rotatable bonds is 3. The van der Waals surface area contributed by atoms with Crippen LogP contribution in [-0.2, 0) is 13.0 Å². The minimum Gasteiger partial charge on any atom is -0.345 e. The first kappa shape index (κ1) is 12.0. The largest absolute Gasteiger partial charge is 0.345 e. The van der Waals surface area contributed by atoms with Crippen LogP contribution in [0.1, 0.15) is 23.7 Å². The second-order valence-electron chi connectivity index (χ2n) is 4.99. The van der Waals surface area contributed by atoms with Crippen LogP contribution < -0.4 is 0 Å². The molecule has 0 bridgehead atoms. The van der Waals surface area contributed by atoms with Gasteiger partial charge in [-0.25, -0.2) is 0 Å². The van der Waals surface area contributed by atoms with Crippen LogP contribution >= 0.6 is 0 Å². The van der Waals surface area contributed by atoms with Crippen molar-refractivity contribution < 1.29 is 0 Å². The zero-order valence-electron chi connectivity index (χ0n) is 11.6. The van der Waals surface area contributed by atoms with E-state index in [1.54, 1.807) is 0 Å². The van der Waals surface area contributed by atoms with Gasteiger partial charge in [0, 0.05) is 23.1 Å². The van der Waals surface area contributed by atoms with Crippen molar-refractivity contribution in [3.63, 3.8) is 0 Å². The Morgan fingerprint density at radius 1 is 0.895 bits per heavy atom. The lowest BCUT2D eigenvalue weighted by molar-refractivity contribution is 0.764. The first-order valence-electron chi connectivity index (χ1n) is 6.92. The quantitative estimate of drug-likeness (QED) is 0.641. The monoisotopic (exact) mass is 249 g/mol. The van der Waals surface area contributed by atoms with Gasteiger partial charge in [0.1, 0.15) is 0 Å². The Kier molecular flexibility index (Phi) is 3.12. The third kappa shape index (κ3) is 2.06. The van der Waals surface area contributed by atoms with E-state index in [0.29, 0.717) is 0 Å². The van der Waals surface area contributed by atoms with Gasteiger partial charge in [-0.2, -0.15) is 0 Å². The highest BCUT2D eigenvalue weighted by atomic mass is 15.0. The summed E-state index contributed by atoms with van der Waals surface area (Å²) >= 11 is 0. The first-order valence-corrected chi connectivity index (χ1v) is 6.92. The first-order chi connectivity index (χ1) is 9.31. The van der Waals surface area contributed by atoms with Gasteiger partial charge in [0.2, 0.25) is 0 Å². The number of hydrogen-bond acceptors (Lipinski definition) is 0. The summed E-state index contributed by atoms with van der Waals surface area (Å²) in [6, 6.07) is 19.4. The number of hydrogen-bond donors (Lipinski definition) is 0. The normalized spacial score (nSPS) is 11.1. The SMILES string of the molecule is CCn1c(C)c(Cc2ccccc2)c2ccccc21. The van der Waals surface area contributed by atoms with Crippen molar-refractivity contribution in [3.05, 3.63) is 71.4 Å². The topological polar surface area (TPSA) is 4.93 Å². The molecule has 1 heteroatoms.